The Morgan fingerprint density at radius 3 is 2.44 bits per heavy atom. The van der Waals surface area contributed by atoms with Crippen molar-refractivity contribution in [2.45, 2.75) is 82.6 Å². The van der Waals surface area contributed by atoms with E-state index < -0.39 is 22.1 Å². The number of nitrogens with zero attached hydrogens (tertiary/aromatic N) is 1. The lowest BCUT2D eigenvalue weighted by molar-refractivity contribution is -0.130. The number of carbonyl (C=O) groups excluding carboxylic acids is 2. The fourth-order valence-electron chi connectivity index (χ4n) is 4.37. The lowest BCUT2D eigenvalue weighted by Crippen LogP contribution is -2.48. The highest BCUT2D eigenvalue weighted by atomic mass is 32.2. The van der Waals surface area contributed by atoms with Crippen LogP contribution in [-0.4, -0.2) is 62.0 Å². The number of esters is 1. The molecule has 1 aliphatic heterocycles. The SMILES string of the molecule is C[C@H](OC(=O)c1cccc(S(=O)(=O)N2C[C@H](C)O[C@@H](C)C2)c1)C(=O)N[C@@H]1CCCC[C@@H]1C. The average Bonchev–Trinajstić information content (AvgIpc) is 2.74. The quantitative estimate of drug-likeness (QED) is 0.647. The van der Waals surface area contributed by atoms with Gasteiger partial charge in [0.1, 0.15) is 0 Å². The highest BCUT2D eigenvalue weighted by molar-refractivity contribution is 7.89. The summed E-state index contributed by atoms with van der Waals surface area (Å²) in [6, 6.07) is 5.84. The van der Waals surface area contributed by atoms with Gasteiger partial charge in [-0.2, -0.15) is 4.31 Å². The fraction of sp³-hybridized carbons (Fsp3) is 0.652. The Hall–Kier alpha value is -1.97. The van der Waals surface area contributed by atoms with Gasteiger partial charge in [0.05, 0.1) is 22.7 Å². The Morgan fingerprint density at radius 1 is 1.12 bits per heavy atom. The number of sulfonamides is 1. The van der Waals surface area contributed by atoms with E-state index in [2.05, 4.69) is 12.2 Å². The van der Waals surface area contributed by atoms with Crippen LogP contribution in [0.1, 0.15) is 63.7 Å². The first kappa shape index (κ1) is 24.7. The first-order valence-corrected chi connectivity index (χ1v) is 12.8. The molecule has 0 spiro atoms. The van der Waals surface area contributed by atoms with E-state index in [1.54, 1.807) is 0 Å². The van der Waals surface area contributed by atoms with Gasteiger partial charge in [0.15, 0.2) is 6.10 Å². The van der Waals surface area contributed by atoms with Crippen LogP contribution in [-0.2, 0) is 24.3 Å². The van der Waals surface area contributed by atoms with Gasteiger partial charge in [-0.05, 0) is 57.7 Å². The van der Waals surface area contributed by atoms with Crippen molar-refractivity contribution >= 4 is 21.9 Å². The molecule has 1 N–H and O–H groups in total. The number of ether oxygens (including phenoxy) is 2. The van der Waals surface area contributed by atoms with Crippen LogP contribution in [0.3, 0.4) is 0 Å². The second-order valence-corrected chi connectivity index (χ2v) is 11.0. The van der Waals surface area contributed by atoms with Crippen LogP contribution >= 0.6 is 0 Å². The van der Waals surface area contributed by atoms with E-state index in [1.807, 2.05) is 13.8 Å². The molecule has 8 nitrogen and oxygen atoms in total. The molecule has 0 unspecified atom stereocenters. The number of rotatable bonds is 6. The van der Waals surface area contributed by atoms with Gasteiger partial charge < -0.3 is 14.8 Å². The summed E-state index contributed by atoms with van der Waals surface area (Å²) >= 11 is 0. The van der Waals surface area contributed by atoms with Crippen molar-refractivity contribution in [1.82, 2.24) is 9.62 Å². The molecule has 2 fully saturated rings. The Bertz CT molecular complexity index is 924. The molecule has 178 valence electrons. The molecule has 3 rings (SSSR count). The third-order valence-corrected chi connectivity index (χ3v) is 8.01. The molecule has 2 aliphatic rings. The third kappa shape index (κ3) is 5.88. The summed E-state index contributed by atoms with van der Waals surface area (Å²) in [7, 11) is -3.79. The maximum atomic E-state index is 13.1. The van der Waals surface area contributed by atoms with E-state index in [-0.39, 0.29) is 47.7 Å². The predicted molar refractivity (Wildman–Crippen MR) is 120 cm³/mol. The molecular formula is C23H34N2O6S. The summed E-state index contributed by atoms with van der Waals surface area (Å²) in [6.07, 6.45) is 2.83. The van der Waals surface area contributed by atoms with Crippen LogP contribution in [0.15, 0.2) is 29.2 Å². The Balaban J connectivity index is 1.66. The number of hydrogen-bond acceptors (Lipinski definition) is 6. The summed E-state index contributed by atoms with van der Waals surface area (Å²) in [5.41, 5.74) is 0.0890. The summed E-state index contributed by atoms with van der Waals surface area (Å²) < 4.78 is 38.5. The normalized spacial score (nSPS) is 28.0. The summed E-state index contributed by atoms with van der Waals surface area (Å²) in [5, 5.41) is 2.98. The topological polar surface area (TPSA) is 102 Å². The molecule has 1 aromatic rings. The van der Waals surface area contributed by atoms with Crippen LogP contribution in [0.4, 0.5) is 0 Å². The second-order valence-electron chi connectivity index (χ2n) is 9.03. The van der Waals surface area contributed by atoms with Gasteiger partial charge in [0, 0.05) is 19.1 Å². The van der Waals surface area contributed by atoms with E-state index in [0.29, 0.717) is 5.92 Å². The molecular weight excluding hydrogens is 432 g/mol. The number of hydrogen-bond donors (Lipinski definition) is 1. The third-order valence-electron chi connectivity index (χ3n) is 6.19. The summed E-state index contributed by atoms with van der Waals surface area (Å²) in [4.78, 5) is 25.2. The van der Waals surface area contributed by atoms with Gasteiger partial charge in [0.2, 0.25) is 10.0 Å². The molecule has 9 heteroatoms. The Kier molecular flexibility index (Phi) is 7.95. The standard InChI is InChI=1S/C23H34N2O6S/c1-15-8-5-6-11-21(15)24-22(26)18(4)31-23(27)19-9-7-10-20(12-19)32(28,29)25-13-16(2)30-17(3)14-25/h7,9-10,12,15-18,21H,5-6,8,11,13-14H2,1-4H3,(H,24,26)/t15-,16-,17-,18-,21+/m0/s1. The number of morpholine rings is 1. The summed E-state index contributed by atoms with van der Waals surface area (Å²) in [5.74, 6) is -0.676. The maximum Gasteiger partial charge on any atom is 0.338 e. The van der Waals surface area contributed by atoms with Crippen molar-refractivity contribution < 1.29 is 27.5 Å². The second kappa shape index (κ2) is 10.3. The molecule has 1 aliphatic carbocycles. The van der Waals surface area contributed by atoms with Crippen molar-refractivity contribution in [3.63, 3.8) is 0 Å². The molecule has 0 bridgehead atoms. The van der Waals surface area contributed by atoms with Crippen LogP contribution < -0.4 is 5.32 Å². The summed E-state index contributed by atoms with van der Waals surface area (Å²) in [6.45, 7) is 7.79. The van der Waals surface area contributed by atoms with Crippen LogP contribution in [0.25, 0.3) is 0 Å². The fourth-order valence-corrected chi connectivity index (χ4v) is 6.01. The van der Waals surface area contributed by atoms with Crippen molar-refractivity contribution in [3.8, 4) is 0 Å². The molecule has 32 heavy (non-hydrogen) atoms. The highest BCUT2D eigenvalue weighted by Crippen LogP contribution is 2.24. The zero-order valence-electron chi connectivity index (χ0n) is 19.2. The number of nitrogens with one attached hydrogen (secondary N) is 1. The average molecular weight is 467 g/mol. The van der Waals surface area contributed by atoms with Crippen molar-refractivity contribution in [3.05, 3.63) is 29.8 Å². The minimum atomic E-state index is -3.79. The van der Waals surface area contributed by atoms with E-state index in [1.165, 1.54) is 41.9 Å². The lowest BCUT2D eigenvalue weighted by atomic mass is 9.86. The van der Waals surface area contributed by atoms with E-state index in [9.17, 15) is 18.0 Å². The van der Waals surface area contributed by atoms with Crippen molar-refractivity contribution in [2.24, 2.45) is 5.92 Å². The zero-order valence-corrected chi connectivity index (χ0v) is 20.1. The minimum Gasteiger partial charge on any atom is -0.449 e. The Morgan fingerprint density at radius 2 is 1.78 bits per heavy atom. The molecule has 1 aromatic carbocycles. The lowest BCUT2D eigenvalue weighted by Gasteiger charge is -2.34. The van der Waals surface area contributed by atoms with Crippen LogP contribution in [0.5, 0.6) is 0 Å². The molecule has 1 heterocycles. The zero-order chi connectivity index (χ0) is 23.5. The van der Waals surface area contributed by atoms with E-state index >= 15 is 0 Å². The Labute approximate surface area is 190 Å². The number of carbonyl (C=O) groups is 2. The van der Waals surface area contributed by atoms with Crippen molar-refractivity contribution in [1.29, 1.82) is 0 Å². The smallest absolute Gasteiger partial charge is 0.338 e. The van der Waals surface area contributed by atoms with E-state index in [4.69, 9.17) is 9.47 Å². The van der Waals surface area contributed by atoms with Crippen LogP contribution in [0, 0.1) is 5.92 Å². The van der Waals surface area contributed by atoms with E-state index in [0.717, 1.165) is 19.3 Å². The minimum absolute atomic E-state index is 0.0152. The molecule has 1 amide bonds. The van der Waals surface area contributed by atoms with Gasteiger partial charge in [-0.25, -0.2) is 13.2 Å². The molecule has 0 aromatic heterocycles. The molecule has 1 saturated carbocycles. The molecule has 1 saturated heterocycles. The first-order chi connectivity index (χ1) is 15.1. The largest absolute Gasteiger partial charge is 0.449 e. The first-order valence-electron chi connectivity index (χ1n) is 11.3. The highest BCUT2D eigenvalue weighted by Gasteiger charge is 2.33. The molecule has 5 atom stereocenters. The number of benzene rings is 1. The van der Waals surface area contributed by atoms with Gasteiger partial charge in [-0.15, -0.1) is 0 Å². The molecule has 0 radical (unpaired) electrons. The van der Waals surface area contributed by atoms with Gasteiger partial charge in [0.25, 0.3) is 5.91 Å². The van der Waals surface area contributed by atoms with Gasteiger partial charge >= 0.3 is 5.97 Å². The van der Waals surface area contributed by atoms with Gasteiger partial charge in [-0.1, -0.05) is 25.8 Å². The van der Waals surface area contributed by atoms with Crippen molar-refractivity contribution in [2.75, 3.05) is 13.1 Å². The maximum absolute atomic E-state index is 13.1. The van der Waals surface area contributed by atoms with Crippen LogP contribution in [0.2, 0.25) is 0 Å². The predicted octanol–water partition coefficient (Wildman–Crippen LogP) is 2.72. The monoisotopic (exact) mass is 466 g/mol. The number of amides is 1. The van der Waals surface area contributed by atoms with Gasteiger partial charge in [-0.3, -0.25) is 4.79 Å².